The zero-order valence-corrected chi connectivity index (χ0v) is 51.8. The molecule has 4 nitrogen and oxygen atoms in total. The normalized spacial score (nSPS) is 13.6. The molecule has 0 saturated carbocycles. The van der Waals surface area contributed by atoms with Crippen LogP contribution in [0.25, 0.3) is 99.5 Å². The van der Waals surface area contributed by atoms with Gasteiger partial charge in [0.05, 0.1) is 34.6 Å². The molecular weight excluding hydrogens is 1100 g/mol. The minimum Gasteiger partial charge on any atom is -0.311 e. The van der Waals surface area contributed by atoms with Gasteiger partial charge in [0.15, 0.2) is 0 Å². The number of fused-ring (bicyclic) bond motifs is 10. The smallest absolute Gasteiger partial charge is 0.252 e. The fourth-order valence-corrected chi connectivity index (χ4v) is 14.6. The average Bonchev–Trinajstić information content (AvgIpc) is 0.834. The van der Waals surface area contributed by atoms with Gasteiger partial charge < -0.3 is 18.9 Å². The molecule has 15 aromatic rings. The summed E-state index contributed by atoms with van der Waals surface area (Å²) in [6.45, 7) is 13.4. The fourth-order valence-electron chi connectivity index (χ4n) is 14.6. The summed E-state index contributed by atoms with van der Waals surface area (Å²) in [5.74, 6) is 0. The standard InChI is InChI=1S/C86H67BN4/c1-85(2,3)62-50-70(58-30-15-9-16-31-58)84(71(51-62)59-32-17-10-18-33-59)91-79-49-61(57-28-13-8-14-29-57)42-45-73(79)87-74-46-43-66(55-80(74)90(81-52-63(86(4,5)6)53-82(91)83(81)87)64-35-25-34-60(48-64)56-26-11-7-12-27-56)89-77-41-24-21-38-69(77)72-54-65(44-47-78(72)89)88-75-39-22-19-36-67(75)68-37-20-23-40-76(68)88/h7-55H,1-6H3/i8D,13D,14D,28D,29D. The van der Waals surface area contributed by atoms with E-state index in [0.29, 0.717) is 5.56 Å². The van der Waals surface area contributed by atoms with Crippen LogP contribution in [0.3, 0.4) is 0 Å². The molecule has 434 valence electrons. The van der Waals surface area contributed by atoms with E-state index in [1.54, 1.807) is 0 Å². The summed E-state index contributed by atoms with van der Waals surface area (Å²) in [7, 11) is 0. The summed E-state index contributed by atoms with van der Waals surface area (Å²) < 4.78 is 50.5. The molecule has 91 heavy (non-hydrogen) atoms. The van der Waals surface area contributed by atoms with Gasteiger partial charge in [-0.15, -0.1) is 0 Å². The van der Waals surface area contributed by atoms with E-state index in [9.17, 15) is 2.74 Å². The lowest BCUT2D eigenvalue weighted by molar-refractivity contribution is 0.590. The summed E-state index contributed by atoms with van der Waals surface area (Å²) in [4.78, 5) is 4.99. The molecule has 0 saturated heterocycles. The summed E-state index contributed by atoms with van der Waals surface area (Å²) in [5.41, 5.74) is 24.5. The Balaban J connectivity index is 0.984. The SMILES string of the molecule is [2H]c1c([2H])c([2H])c(-c2ccc3c(c2)N(c2c(-c4ccccc4)cc(C(C)(C)C)cc2-c2ccccc2)c2cc(C(C)(C)C)cc4c2B3c2ccc(-n3c5ccccc5c5cc(-n6c7ccccc7c7ccccc76)ccc53)cc2N4c2cccc(-c3ccccc3)c2)c([2H])c1[2H]. The molecule has 0 atom stereocenters. The van der Waals surface area contributed by atoms with Crippen molar-refractivity contribution in [2.24, 2.45) is 0 Å². The van der Waals surface area contributed by atoms with Crippen LogP contribution >= 0.6 is 0 Å². The maximum Gasteiger partial charge on any atom is 0.252 e. The monoisotopic (exact) mass is 1170 g/mol. The molecule has 2 aromatic heterocycles. The Morgan fingerprint density at radius 3 is 1.34 bits per heavy atom. The fraction of sp³-hybridized carbons (Fsp3) is 0.0930. The van der Waals surface area contributed by atoms with Gasteiger partial charge in [-0.1, -0.05) is 248 Å². The Hall–Kier alpha value is -10.9. The van der Waals surface area contributed by atoms with E-state index in [2.05, 4.69) is 321 Å². The van der Waals surface area contributed by atoms with E-state index in [1.807, 2.05) is 6.07 Å². The van der Waals surface area contributed by atoms with Gasteiger partial charge in [-0.25, -0.2) is 0 Å². The third kappa shape index (κ3) is 8.81. The Labute approximate surface area is 540 Å². The summed E-state index contributed by atoms with van der Waals surface area (Å²) >= 11 is 0. The first-order valence-electron chi connectivity index (χ1n) is 34.1. The summed E-state index contributed by atoms with van der Waals surface area (Å²) in [5, 5.41) is 4.74. The zero-order chi connectivity index (χ0) is 65.6. The van der Waals surface area contributed by atoms with Crippen LogP contribution in [0.4, 0.5) is 34.1 Å². The van der Waals surface area contributed by atoms with Crippen LogP contribution in [0, 0.1) is 0 Å². The second-order valence-corrected chi connectivity index (χ2v) is 26.5. The van der Waals surface area contributed by atoms with Crippen molar-refractivity contribution in [3.8, 4) is 55.9 Å². The topological polar surface area (TPSA) is 16.3 Å². The number of hydrogen-bond acceptors (Lipinski definition) is 2. The molecule has 0 spiro atoms. The first kappa shape index (κ1) is 49.1. The highest BCUT2D eigenvalue weighted by Gasteiger charge is 2.45. The number of hydrogen-bond donors (Lipinski definition) is 0. The van der Waals surface area contributed by atoms with Crippen molar-refractivity contribution in [1.82, 2.24) is 9.13 Å². The highest BCUT2D eigenvalue weighted by molar-refractivity contribution is 7.00. The molecule has 0 radical (unpaired) electrons. The van der Waals surface area contributed by atoms with Crippen LogP contribution in [0.2, 0.25) is 0 Å². The van der Waals surface area contributed by atoms with Crippen molar-refractivity contribution < 1.29 is 6.85 Å². The molecule has 5 heteroatoms. The number of rotatable bonds is 8. The highest BCUT2D eigenvalue weighted by Crippen LogP contribution is 2.53. The summed E-state index contributed by atoms with van der Waals surface area (Å²) in [6.07, 6.45) is 0. The van der Waals surface area contributed by atoms with Crippen LogP contribution < -0.4 is 26.2 Å². The molecule has 0 fully saturated rings. The Bertz CT molecular complexity index is 5560. The molecule has 0 bridgehead atoms. The second kappa shape index (κ2) is 20.9. The van der Waals surface area contributed by atoms with Crippen molar-refractivity contribution in [2.45, 2.75) is 52.4 Å². The minimum absolute atomic E-state index is 0.153. The van der Waals surface area contributed by atoms with Crippen LogP contribution in [-0.4, -0.2) is 15.8 Å². The van der Waals surface area contributed by atoms with Gasteiger partial charge >= 0.3 is 0 Å². The van der Waals surface area contributed by atoms with Gasteiger partial charge in [-0.05, 0) is 163 Å². The van der Waals surface area contributed by atoms with Gasteiger partial charge in [0.2, 0.25) is 0 Å². The Morgan fingerprint density at radius 2 is 0.758 bits per heavy atom. The van der Waals surface area contributed by atoms with Gasteiger partial charge in [-0.2, -0.15) is 0 Å². The molecule has 17 rings (SSSR count). The van der Waals surface area contributed by atoms with Gasteiger partial charge in [0.25, 0.3) is 6.71 Å². The van der Waals surface area contributed by atoms with Crippen LogP contribution in [-0.2, 0) is 10.8 Å². The van der Waals surface area contributed by atoms with E-state index in [1.165, 1.54) is 16.3 Å². The number of para-hydroxylation sites is 3. The molecular formula is C86H67BN4. The number of anilines is 6. The lowest BCUT2D eigenvalue weighted by atomic mass is 9.33. The van der Waals surface area contributed by atoms with Crippen molar-refractivity contribution in [3.63, 3.8) is 0 Å². The summed E-state index contributed by atoms with van der Waals surface area (Å²) in [6, 6.07) is 95.4. The van der Waals surface area contributed by atoms with E-state index in [0.717, 1.165) is 134 Å². The Morgan fingerprint density at radius 1 is 0.308 bits per heavy atom. The predicted octanol–water partition coefficient (Wildman–Crippen LogP) is 21.2. The highest BCUT2D eigenvalue weighted by atomic mass is 15.2. The molecule has 0 amide bonds. The number of nitrogens with zero attached hydrogens (tertiary/aromatic N) is 4. The molecule has 0 aliphatic carbocycles. The average molecular weight is 1170 g/mol. The third-order valence-electron chi connectivity index (χ3n) is 19.0. The van der Waals surface area contributed by atoms with Gasteiger partial charge in [-0.3, -0.25) is 0 Å². The lowest BCUT2D eigenvalue weighted by Crippen LogP contribution is -2.61. The van der Waals surface area contributed by atoms with E-state index < -0.39 is 6.04 Å². The van der Waals surface area contributed by atoms with E-state index >= 15 is 0 Å². The third-order valence-corrected chi connectivity index (χ3v) is 19.0. The number of benzene rings is 13. The lowest BCUT2D eigenvalue weighted by Gasteiger charge is -2.46. The second-order valence-electron chi connectivity index (χ2n) is 26.5. The van der Waals surface area contributed by atoms with Crippen molar-refractivity contribution in [1.29, 1.82) is 0 Å². The van der Waals surface area contributed by atoms with Crippen LogP contribution in [0.1, 0.15) is 59.5 Å². The predicted molar refractivity (Wildman–Crippen MR) is 388 cm³/mol. The molecule has 0 unspecified atom stereocenters. The molecule has 0 N–H and O–H groups in total. The van der Waals surface area contributed by atoms with E-state index in [-0.39, 0.29) is 47.3 Å². The first-order chi connectivity index (χ1) is 46.5. The molecule has 13 aromatic carbocycles. The van der Waals surface area contributed by atoms with Gasteiger partial charge in [0.1, 0.15) is 0 Å². The maximum absolute atomic E-state index is 9.49. The first-order valence-corrected chi connectivity index (χ1v) is 31.6. The van der Waals surface area contributed by atoms with E-state index in [4.69, 9.17) is 4.11 Å². The van der Waals surface area contributed by atoms with Gasteiger partial charge in [0, 0.05) is 72.5 Å². The quantitative estimate of drug-likeness (QED) is 0.141. The zero-order valence-electron chi connectivity index (χ0n) is 56.8. The van der Waals surface area contributed by atoms with Crippen molar-refractivity contribution in [2.75, 3.05) is 9.80 Å². The molecule has 2 aliphatic heterocycles. The Kier molecular flexibility index (Phi) is 11.2. The number of aromatic nitrogens is 2. The van der Waals surface area contributed by atoms with Crippen molar-refractivity contribution in [3.05, 3.63) is 308 Å². The van der Waals surface area contributed by atoms with Crippen LogP contribution in [0.5, 0.6) is 0 Å². The molecule has 2 aliphatic rings. The van der Waals surface area contributed by atoms with Crippen molar-refractivity contribution >= 4 is 101 Å². The largest absolute Gasteiger partial charge is 0.311 e. The molecule has 4 heterocycles. The minimum atomic E-state index is -0.425. The van der Waals surface area contributed by atoms with Crippen LogP contribution in [0.15, 0.2) is 297 Å². The maximum atomic E-state index is 9.49.